The van der Waals surface area contributed by atoms with Crippen LogP contribution in [0.5, 0.6) is 11.5 Å². The predicted molar refractivity (Wildman–Crippen MR) is 65.3 cm³/mol. The van der Waals surface area contributed by atoms with Gasteiger partial charge in [-0.05, 0) is 24.3 Å². The Bertz CT molecular complexity index is 710. The average Bonchev–Trinajstić information content (AvgIpc) is 2.38. The topological polar surface area (TPSA) is 55.2 Å². The maximum absolute atomic E-state index is 9.76. The number of rotatable bonds is 1. The number of benzene rings is 1. The number of ether oxygens (including phenoxy) is 1. The van der Waals surface area contributed by atoms with Crippen molar-refractivity contribution in [2.24, 2.45) is 0 Å². The summed E-state index contributed by atoms with van der Waals surface area (Å²) in [5.74, 6) is 0.962. The highest BCUT2D eigenvalue weighted by Crippen LogP contribution is 2.31. The number of hydrogen-bond acceptors (Lipinski definition) is 4. The summed E-state index contributed by atoms with van der Waals surface area (Å²) in [5.41, 5.74) is 1.42. The molecule has 0 fully saturated rings. The third-order valence-corrected chi connectivity index (χ3v) is 2.78. The highest BCUT2D eigenvalue weighted by molar-refractivity contribution is 6.06. The fraction of sp³-hybridized carbons (Fsp3) is 0.0769. The molecular weight excluding hydrogens is 216 g/mol. The van der Waals surface area contributed by atoms with Crippen LogP contribution in [-0.4, -0.2) is 22.2 Å². The number of nitrogens with zero attached hydrogens (tertiary/aromatic N) is 2. The standard InChI is InChI=1S/C13H10N2O2/c1-17-11-5-7-15-13-9(11)3-2-8-10(16)4-6-14-12(8)13/h2-7H,1H3,(H,14,16). The number of fused-ring (bicyclic) bond motifs is 3. The lowest BCUT2D eigenvalue weighted by Crippen LogP contribution is -1.89. The van der Waals surface area contributed by atoms with Crippen molar-refractivity contribution >= 4 is 21.8 Å². The van der Waals surface area contributed by atoms with Crippen molar-refractivity contribution in [3.05, 3.63) is 36.7 Å². The molecule has 0 aliphatic carbocycles. The molecule has 4 nitrogen and oxygen atoms in total. The summed E-state index contributed by atoms with van der Waals surface area (Å²) in [7, 11) is 1.62. The second-order valence-corrected chi connectivity index (χ2v) is 3.70. The van der Waals surface area contributed by atoms with Crippen LogP contribution in [0.4, 0.5) is 0 Å². The zero-order valence-electron chi connectivity index (χ0n) is 9.21. The molecule has 0 atom stereocenters. The zero-order chi connectivity index (χ0) is 11.8. The minimum atomic E-state index is 0.210. The van der Waals surface area contributed by atoms with E-state index in [0.29, 0.717) is 10.9 Å². The Hall–Kier alpha value is -2.36. The summed E-state index contributed by atoms with van der Waals surface area (Å²) in [6, 6.07) is 7.07. The molecule has 84 valence electrons. The normalized spacial score (nSPS) is 10.9. The van der Waals surface area contributed by atoms with Gasteiger partial charge in [0, 0.05) is 23.2 Å². The van der Waals surface area contributed by atoms with E-state index in [1.807, 2.05) is 12.1 Å². The number of aromatic hydroxyl groups is 1. The van der Waals surface area contributed by atoms with E-state index in [0.717, 1.165) is 16.7 Å². The van der Waals surface area contributed by atoms with Gasteiger partial charge in [0.05, 0.1) is 7.11 Å². The second kappa shape index (κ2) is 3.59. The largest absolute Gasteiger partial charge is 0.507 e. The monoisotopic (exact) mass is 226 g/mol. The molecule has 0 spiro atoms. The molecule has 0 saturated heterocycles. The minimum Gasteiger partial charge on any atom is -0.507 e. The van der Waals surface area contributed by atoms with Crippen LogP contribution in [0.15, 0.2) is 36.7 Å². The molecule has 0 radical (unpaired) electrons. The van der Waals surface area contributed by atoms with Gasteiger partial charge in [0.1, 0.15) is 22.5 Å². The van der Waals surface area contributed by atoms with E-state index < -0.39 is 0 Å². The molecule has 3 rings (SSSR count). The first-order valence-electron chi connectivity index (χ1n) is 5.20. The lowest BCUT2D eigenvalue weighted by molar-refractivity contribution is 0.419. The lowest BCUT2D eigenvalue weighted by atomic mass is 10.1. The molecule has 0 aliphatic heterocycles. The molecule has 0 aliphatic rings. The van der Waals surface area contributed by atoms with E-state index in [2.05, 4.69) is 9.97 Å². The third kappa shape index (κ3) is 1.38. The number of methoxy groups -OCH3 is 1. The van der Waals surface area contributed by atoms with E-state index in [4.69, 9.17) is 4.74 Å². The van der Waals surface area contributed by atoms with Gasteiger partial charge in [0.2, 0.25) is 0 Å². The van der Waals surface area contributed by atoms with Crippen LogP contribution in [0.25, 0.3) is 21.8 Å². The molecule has 4 heteroatoms. The first-order chi connectivity index (χ1) is 8.31. The molecule has 2 heterocycles. The van der Waals surface area contributed by atoms with Crippen LogP contribution in [0.3, 0.4) is 0 Å². The van der Waals surface area contributed by atoms with Crippen molar-refractivity contribution in [2.75, 3.05) is 7.11 Å². The summed E-state index contributed by atoms with van der Waals surface area (Å²) >= 11 is 0. The van der Waals surface area contributed by atoms with Gasteiger partial charge in [0.25, 0.3) is 0 Å². The Morgan fingerprint density at radius 1 is 0.941 bits per heavy atom. The van der Waals surface area contributed by atoms with E-state index in [9.17, 15) is 5.11 Å². The quantitative estimate of drug-likeness (QED) is 0.648. The van der Waals surface area contributed by atoms with Gasteiger partial charge in [-0.25, -0.2) is 0 Å². The zero-order valence-corrected chi connectivity index (χ0v) is 9.21. The fourth-order valence-electron chi connectivity index (χ4n) is 1.97. The smallest absolute Gasteiger partial charge is 0.129 e. The summed E-state index contributed by atoms with van der Waals surface area (Å²) in [5, 5.41) is 11.3. The maximum atomic E-state index is 9.76. The highest BCUT2D eigenvalue weighted by atomic mass is 16.5. The van der Waals surface area contributed by atoms with Gasteiger partial charge >= 0.3 is 0 Å². The van der Waals surface area contributed by atoms with Gasteiger partial charge in [-0.15, -0.1) is 0 Å². The molecule has 0 unspecified atom stereocenters. The highest BCUT2D eigenvalue weighted by Gasteiger charge is 2.08. The number of hydrogen-bond donors (Lipinski definition) is 1. The predicted octanol–water partition coefficient (Wildman–Crippen LogP) is 2.50. The van der Waals surface area contributed by atoms with Gasteiger partial charge in [-0.3, -0.25) is 9.97 Å². The third-order valence-electron chi connectivity index (χ3n) is 2.78. The fourth-order valence-corrected chi connectivity index (χ4v) is 1.97. The molecule has 0 amide bonds. The van der Waals surface area contributed by atoms with Crippen molar-refractivity contribution in [1.82, 2.24) is 9.97 Å². The summed E-state index contributed by atoms with van der Waals surface area (Å²) in [6.45, 7) is 0. The maximum Gasteiger partial charge on any atom is 0.129 e. The van der Waals surface area contributed by atoms with Gasteiger partial charge in [0.15, 0.2) is 0 Å². The van der Waals surface area contributed by atoms with E-state index in [1.54, 1.807) is 31.6 Å². The minimum absolute atomic E-state index is 0.210. The Morgan fingerprint density at radius 3 is 2.35 bits per heavy atom. The molecule has 2 aromatic heterocycles. The second-order valence-electron chi connectivity index (χ2n) is 3.70. The van der Waals surface area contributed by atoms with Crippen LogP contribution in [0.1, 0.15) is 0 Å². The van der Waals surface area contributed by atoms with Crippen LogP contribution in [-0.2, 0) is 0 Å². The molecule has 0 bridgehead atoms. The van der Waals surface area contributed by atoms with Crippen LogP contribution >= 0.6 is 0 Å². The van der Waals surface area contributed by atoms with Crippen LogP contribution in [0, 0.1) is 0 Å². The van der Waals surface area contributed by atoms with Crippen molar-refractivity contribution in [2.45, 2.75) is 0 Å². The lowest BCUT2D eigenvalue weighted by Gasteiger charge is -2.07. The molecule has 3 aromatic rings. The molecule has 0 saturated carbocycles. The van der Waals surface area contributed by atoms with Crippen molar-refractivity contribution in [3.63, 3.8) is 0 Å². The van der Waals surface area contributed by atoms with Crippen LogP contribution < -0.4 is 4.74 Å². The average molecular weight is 226 g/mol. The molecule has 17 heavy (non-hydrogen) atoms. The number of pyridine rings is 2. The number of aromatic nitrogens is 2. The van der Waals surface area contributed by atoms with E-state index in [1.165, 1.54) is 0 Å². The molecule has 1 aromatic carbocycles. The van der Waals surface area contributed by atoms with E-state index >= 15 is 0 Å². The first kappa shape index (κ1) is 9.84. The first-order valence-corrected chi connectivity index (χ1v) is 5.20. The van der Waals surface area contributed by atoms with Crippen molar-refractivity contribution in [1.29, 1.82) is 0 Å². The Morgan fingerprint density at radius 2 is 1.59 bits per heavy atom. The Kier molecular flexibility index (Phi) is 2.08. The summed E-state index contributed by atoms with van der Waals surface area (Å²) in [6.07, 6.45) is 3.24. The van der Waals surface area contributed by atoms with Crippen molar-refractivity contribution < 1.29 is 9.84 Å². The summed E-state index contributed by atoms with van der Waals surface area (Å²) in [4.78, 5) is 8.57. The van der Waals surface area contributed by atoms with Gasteiger partial charge in [-0.1, -0.05) is 0 Å². The Labute approximate surface area is 97.5 Å². The molecular formula is C13H10N2O2. The SMILES string of the molecule is COc1ccnc2c1ccc1c(O)ccnc12. The van der Waals surface area contributed by atoms with Gasteiger partial charge in [-0.2, -0.15) is 0 Å². The van der Waals surface area contributed by atoms with E-state index in [-0.39, 0.29) is 5.75 Å². The van der Waals surface area contributed by atoms with Crippen molar-refractivity contribution in [3.8, 4) is 11.5 Å². The van der Waals surface area contributed by atoms with Gasteiger partial charge < -0.3 is 9.84 Å². The van der Waals surface area contributed by atoms with Crippen LogP contribution in [0.2, 0.25) is 0 Å². The Balaban J connectivity index is 2.53. The summed E-state index contributed by atoms with van der Waals surface area (Å²) < 4.78 is 5.28. The molecule has 1 N–H and O–H groups in total.